The van der Waals surface area contributed by atoms with Gasteiger partial charge in [0.1, 0.15) is 0 Å². The van der Waals surface area contributed by atoms with Crippen molar-refractivity contribution in [3.05, 3.63) is 56.6 Å². The summed E-state index contributed by atoms with van der Waals surface area (Å²) in [5.74, 6) is -0.0458. The second-order valence-corrected chi connectivity index (χ2v) is 6.22. The van der Waals surface area contributed by atoms with Gasteiger partial charge in [0.25, 0.3) is 0 Å². The average molecular weight is 296 g/mol. The Balaban J connectivity index is 2.54. The monoisotopic (exact) mass is 296 g/mol. The molecule has 0 aromatic heterocycles. The molecule has 0 unspecified atom stereocenters. The van der Waals surface area contributed by atoms with Gasteiger partial charge >= 0.3 is 0 Å². The maximum atomic E-state index is 9.36. The molecule has 1 aliphatic heterocycles. The van der Waals surface area contributed by atoms with Gasteiger partial charge in [0, 0.05) is 0 Å². The molecule has 5 heteroatoms. The molecule has 0 aliphatic carbocycles. The van der Waals surface area contributed by atoms with Crippen LogP contribution in [0.3, 0.4) is 0 Å². The fraction of sp³-hybridized carbons (Fsp3) is 0.250. The lowest BCUT2D eigenvalue weighted by molar-refractivity contribution is 0.862. The van der Waals surface area contributed by atoms with E-state index in [9.17, 15) is 10.5 Å². The van der Waals surface area contributed by atoms with Gasteiger partial charge in [-0.2, -0.15) is 10.5 Å². The van der Waals surface area contributed by atoms with Gasteiger partial charge in [-0.1, -0.05) is 49.9 Å². The summed E-state index contributed by atoms with van der Waals surface area (Å²) in [5.41, 5.74) is 14.6. The Kier molecular flexibility index (Phi) is 4.26. The number of benzene rings is 1. The van der Waals surface area contributed by atoms with Crippen LogP contribution < -0.4 is 11.5 Å². The largest absolute Gasteiger partial charge is 0.392 e. The number of nitrogens with two attached hydrogens (primary N) is 2. The van der Waals surface area contributed by atoms with Crippen LogP contribution in [-0.2, 0) is 0 Å². The molecule has 0 radical (unpaired) electrons. The van der Waals surface area contributed by atoms with Gasteiger partial charge in [-0.3, -0.25) is 0 Å². The van der Waals surface area contributed by atoms with Crippen LogP contribution in [0.4, 0.5) is 0 Å². The second kappa shape index (κ2) is 5.95. The highest BCUT2D eigenvalue weighted by molar-refractivity contribution is 8.06. The zero-order valence-electron chi connectivity index (χ0n) is 11.9. The SMILES string of the molecule is CC(C)c1ccc(C2C(C#N)=C(N)SC(N)=C2C#N)cc1. The number of nitrogens with zero attached hydrogens (tertiary/aromatic N) is 2. The maximum absolute atomic E-state index is 9.36. The van der Waals surface area contributed by atoms with E-state index in [1.807, 2.05) is 24.3 Å². The quantitative estimate of drug-likeness (QED) is 0.873. The molecule has 0 saturated heterocycles. The van der Waals surface area contributed by atoms with Crippen LogP contribution in [0.25, 0.3) is 0 Å². The second-order valence-electron chi connectivity index (χ2n) is 5.14. The van der Waals surface area contributed by atoms with E-state index in [0.717, 1.165) is 17.3 Å². The van der Waals surface area contributed by atoms with Crippen LogP contribution in [0.2, 0.25) is 0 Å². The summed E-state index contributed by atoms with van der Waals surface area (Å²) >= 11 is 1.08. The molecule has 4 N–H and O–H groups in total. The molecular formula is C16H16N4S. The van der Waals surface area contributed by atoms with E-state index in [2.05, 4.69) is 26.0 Å². The minimum Gasteiger partial charge on any atom is -0.392 e. The Hall–Kier alpha value is -2.37. The Bertz CT molecular complexity index is 663. The third kappa shape index (κ3) is 2.74. The van der Waals surface area contributed by atoms with Gasteiger partial charge in [0.05, 0.1) is 39.3 Å². The van der Waals surface area contributed by atoms with Gasteiger partial charge < -0.3 is 11.5 Å². The minimum atomic E-state index is -0.470. The molecule has 2 rings (SSSR count). The van der Waals surface area contributed by atoms with Crippen LogP contribution in [0, 0.1) is 22.7 Å². The summed E-state index contributed by atoms with van der Waals surface area (Å²) in [5, 5.41) is 19.5. The summed E-state index contributed by atoms with van der Waals surface area (Å²) in [7, 11) is 0. The number of allylic oxidation sites excluding steroid dienone is 2. The van der Waals surface area contributed by atoms with E-state index < -0.39 is 5.92 Å². The lowest BCUT2D eigenvalue weighted by Crippen LogP contribution is -2.18. The number of thioether (sulfide) groups is 1. The fourth-order valence-electron chi connectivity index (χ4n) is 2.30. The van der Waals surface area contributed by atoms with Gasteiger partial charge in [-0.25, -0.2) is 0 Å². The van der Waals surface area contributed by atoms with Crippen LogP contribution in [0.15, 0.2) is 45.5 Å². The molecule has 1 aromatic carbocycles. The van der Waals surface area contributed by atoms with Gasteiger partial charge in [0.2, 0.25) is 0 Å². The van der Waals surface area contributed by atoms with Crippen LogP contribution in [-0.4, -0.2) is 0 Å². The van der Waals surface area contributed by atoms with Crippen molar-refractivity contribution in [2.24, 2.45) is 11.5 Å². The van der Waals surface area contributed by atoms with Gasteiger partial charge in [-0.05, 0) is 17.0 Å². The van der Waals surface area contributed by atoms with Crippen molar-refractivity contribution in [1.82, 2.24) is 0 Å². The molecule has 1 aliphatic rings. The summed E-state index contributed by atoms with van der Waals surface area (Å²) in [6, 6.07) is 12.1. The van der Waals surface area contributed by atoms with Crippen molar-refractivity contribution < 1.29 is 0 Å². The highest BCUT2D eigenvalue weighted by atomic mass is 32.2. The number of nitriles is 2. The molecule has 21 heavy (non-hydrogen) atoms. The average Bonchev–Trinajstić information content (AvgIpc) is 2.46. The minimum absolute atomic E-state index is 0.368. The van der Waals surface area contributed by atoms with Gasteiger partial charge in [-0.15, -0.1) is 0 Å². The molecule has 0 saturated carbocycles. The highest BCUT2D eigenvalue weighted by Gasteiger charge is 2.30. The van der Waals surface area contributed by atoms with Crippen molar-refractivity contribution in [3.8, 4) is 12.1 Å². The molecule has 0 amide bonds. The predicted octanol–water partition coefficient (Wildman–Crippen LogP) is 3.03. The van der Waals surface area contributed by atoms with E-state index in [4.69, 9.17) is 11.5 Å². The van der Waals surface area contributed by atoms with E-state index in [0.29, 0.717) is 27.1 Å². The topological polar surface area (TPSA) is 99.6 Å². The normalized spacial score (nSPS) is 16.0. The van der Waals surface area contributed by atoms with Crippen molar-refractivity contribution in [1.29, 1.82) is 10.5 Å². The van der Waals surface area contributed by atoms with Crippen LogP contribution >= 0.6 is 11.8 Å². The number of rotatable bonds is 2. The van der Waals surface area contributed by atoms with Crippen molar-refractivity contribution in [3.63, 3.8) is 0 Å². The third-order valence-electron chi connectivity index (χ3n) is 3.51. The molecular weight excluding hydrogens is 280 g/mol. The molecule has 106 valence electrons. The summed E-state index contributed by atoms with van der Waals surface area (Å²) in [6.45, 7) is 4.23. The third-order valence-corrected chi connectivity index (χ3v) is 4.39. The van der Waals surface area contributed by atoms with Crippen molar-refractivity contribution in [2.45, 2.75) is 25.7 Å². The zero-order chi connectivity index (χ0) is 15.6. The lowest BCUT2D eigenvalue weighted by Gasteiger charge is -2.23. The maximum Gasteiger partial charge on any atom is 0.0985 e. The van der Waals surface area contributed by atoms with Crippen molar-refractivity contribution >= 4 is 11.8 Å². The summed E-state index contributed by atoms with van der Waals surface area (Å²) in [6.07, 6.45) is 0. The van der Waals surface area contributed by atoms with Crippen LogP contribution in [0.5, 0.6) is 0 Å². The first-order valence-electron chi connectivity index (χ1n) is 6.56. The van der Waals surface area contributed by atoms with E-state index >= 15 is 0 Å². The Morgan fingerprint density at radius 2 is 1.48 bits per heavy atom. The van der Waals surface area contributed by atoms with E-state index in [1.54, 1.807) is 0 Å². The molecule has 0 spiro atoms. The first-order valence-corrected chi connectivity index (χ1v) is 7.38. The standard InChI is InChI=1S/C16H16N4S/c1-9(2)10-3-5-11(6-4-10)14-12(7-17)15(19)21-16(20)13(14)8-18/h3-6,9,14H,19-20H2,1-2H3. The Morgan fingerprint density at radius 1 is 1.00 bits per heavy atom. The van der Waals surface area contributed by atoms with Crippen LogP contribution in [0.1, 0.15) is 36.8 Å². The first kappa shape index (κ1) is 15.0. The highest BCUT2D eigenvalue weighted by Crippen LogP contribution is 2.42. The Labute approximate surface area is 128 Å². The molecule has 0 bridgehead atoms. The fourth-order valence-corrected chi connectivity index (χ4v) is 3.09. The smallest absolute Gasteiger partial charge is 0.0985 e. The summed E-state index contributed by atoms with van der Waals surface area (Å²) in [4.78, 5) is 0. The molecule has 1 aromatic rings. The molecule has 0 atom stereocenters. The number of hydrogen-bond donors (Lipinski definition) is 2. The van der Waals surface area contributed by atoms with Gasteiger partial charge in [0.15, 0.2) is 0 Å². The van der Waals surface area contributed by atoms with E-state index in [-0.39, 0.29) is 0 Å². The Morgan fingerprint density at radius 3 is 1.86 bits per heavy atom. The predicted molar refractivity (Wildman–Crippen MR) is 84.5 cm³/mol. The van der Waals surface area contributed by atoms with E-state index in [1.165, 1.54) is 5.56 Å². The lowest BCUT2D eigenvalue weighted by atomic mass is 9.85. The summed E-state index contributed by atoms with van der Waals surface area (Å²) < 4.78 is 0. The molecule has 4 nitrogen and oxygen atoms in total. The molecule has 0 fully saturated rings. The first-order chi connectivity index (χ1) is 9.99. The van der Waals surface area contributed by atoms with Crippen molar-refractivity contribution in [2.75, 3.05) is 0 Å². The number of hydrogen-bond acceptors (Lipinski definition) is 5. The molecule has 1 heterocycles. The zero-order valence-corrected chi connectivity index (χ0v) is 12.7.